The van der Waals surface area contributed by atoms with Crippen LogP contribution in [0.2, 0.25) is 0 Å². The highest BCUT2D eigenvalue weighted by Gasteiger charge is 2.43. The van der Waals surface area contributed by atoms with Gasteiger partial charge in [-0.2, -0.15) is 0 Å². The highest BCUT2D eigenvalue weighted by atomic mass is 32.2. The number of aryl methyl sites for hydroxylation is 1. The van der Waals surface area contributed by atoms with Crippen LogP contribution in [-0.4, -0.2) is 58.8 Å². The summed E-state index contributed by atoms with van der Waals surface area (Å²) in [6.07, 6.45) is 0.954. The summed E-state index contributed by atoms with van der Waals surface area (Å²) in [6.45, 7) is 0.868. The molecule has 0 bridgehead atoms. The average molecular weight is 384 g/mol. The van der Waals surface area contributed by atoms with Crippen molar-refractivity contribution in [2.45, 2.75) is 18.9 Å². The fourth-order valence-corrected chi connectivity index (χ4v) is 4.47. The molecule has 4 rings (SSSR count). The van der Waals surface area contributed by atoms with Gasteiger partial charge in [-0.3, -0.25) is 19.3 Å². The largest absolute Gasteiger partial charge is 0.496 e. The molecule has 2 saturated heterocycles. The Bertz CT molecular complexity index is 907. The van der Waals surface area contributed by atoms with Crippen LogP contribution in [0.4, 0.5) is 4.79 Å². The first kappa shape index (κ1) is 17.9. The molecule has 0 spiro atoms. The first-order chi connectivity index (χ1) is 13.1. The normalized spacial score (nSPS) is 17.5. The Morgan fingerprint density at radius 3 is 2.67 bits per heavy atom. The first-order valence-corrected chi connectivity index (χ1v) is 9.88. The number of hydrogen-bond acceptors (Lipinski definition) is 5. The van der Waals surface area contributed by atoms with Gasteiger partial charge in [0.05, 0.1) is 18.9 Å². The van der Waals surface area contributed by atoms with Crippen molar-refractivity contribution in [2.75, 3.05) is 26.0 Å². The molecule has 7 heteroatoms. The lowest BCUT2D eigenvalue weighted by molar-refractivity contribution is -0.142. The molecule has 0 radical (unpaired) electrons. The SMILES string of the molecule is COc1ccc2ccccc2c1CCC(=O)N1CC(N2C(=O)CSC2=O)C1. The summed E-state index contributed by atoms with van der Waals surface area (Å²) >= 11 is 1.03. The average Bonchev–Trinajstić information content (AvgIpc) is 2.97. The van der Waals surface area contributed by atoms with E-state index in [9.17, 15) is 14.4 Å². The van der Waals surface area contributed by atoms with Crippen LogP contribution in [-0.2, 0) is 16.0 Å². The number of nitrogens with zero attached hydrogens (tertiary/aromatic N) is 2. The number of imide groups is 1. The fraction of sp³-hybridized carbons (Fsp3) is 0.350. The van der Waals surface area contributed by atoms with Gasteiger partial charge in [0.1, 0.15) is 5.75 Å². The zero-order valence-corrected chi connectivity index (χ0v) is 15.8. The number of thioether (sulfide) groups is 1. The molecule has 2 fully saturated rings. The van der Waals surface area contributed by atoms with Gasteiger partial charge >= 0.3 is 0 Å². The summed E-state index contributed by atoms with van der Waals surface area (Å²) in [6, 6.07) is 11.8. The second-order valence-corrected chi connectivity index (χ2v) is 7.66. The third-order valence-corrected chi connectivity index (χ3v) is 6.01. The maximum atomic E-state index is 12.5. The molecule has 2 aromatic rings. The van der Waals surface area contributed by atoms with Crippen LogP contribution in [0.15, 0.2) is 36.4 Å². The molecule has 0 saturated carbocycles. The van der Waals surface area contributed by atoms with Crippen LogP contribution in [0.5, 0.6) is 5.75 Å². The molecule has 27 heavy (non-hydrogen) atoms. The molecule has 140 valence electrons. The number of benzene rings is 2. The summed E-state index contributed by atoms with van der Waals surface area (Å²) in [7, 11) is 1.64. The number of amides is 3. The number of fused-ring (bicyclic) bond motifs is 1. The Morgan fingerprint density at radius 2 is 1.96 bits per heavy atom. The fourth-order valence-electron chi connectivity index (χ4n) is 3.69. The molecule has 6 nitrogen and oxygen atoms in total. The van der Waals surface area contributed by atoms with Crippen molar-refractivity contribution in [3.63, 3.8) is 0 Å². The molecule has 0 N–H and O–H groups in total. The lowest BCUT2D eigenvalue weighted by Crippen LogP contribution is -2.62. The second-order valence-electron chi connectivity index (χ2n) is 6.74. The Labute approximate surface area is 161 Å². The van der Waals surface area contributed by atoms with Crippen LogP contribution >= 0.6 is 11.8 Å². The minimum atomic E-state index is -0.197. The van der Waals surface area contributed by atoms with Crippen molar-refractivity contribution in [3.05, 3.63) is 42.0 Å². The third kappa shape index (κ3) is 3.27. The Balaban J connectivity index is 1.40. The quantitative estimate of drug-likeness (QED) is 0.793. The van der Waals surface area contributed by atoms with Crippen molar-refractivity contribution in [2.24, 2.45) is 0 Å². The van der Waals surface area contributed by atoms with Gasteiger partial charge < -0.3 is 9.64 Å². The maximum absolute atomic E-state index is 12.5. The van der Waals surface area contributed by atoms with Crippen LogP contribution in [0.25, 0.3) is 10.8 Å². The molecular weight excluding hydrogens is 364 g/mol. The molecule has 0 aliphatic carbocycles. The highest BCUT2D eigenvalue weighted by Crippen LogP contribution is 2.30. The van der Waals surface area contributed by atoms with Crippen molar-refractivity contribution >= 4 is 39.6 Å². The summed E-state index contributed by atoms with van der Waals surface area (Å²) in [5.41, 5.74) is 1.03. The zero-order chi connectivity index (χ0) is 19.0. The van der Waals surface area contributed by atoms with Gasteiger partial charge in [0.2, 0.25) is 11.8 Å². The monoisotopic (exact) mass is 384 g/mol. The summed E-state index contributed by atoms with van der Waals surface area (Å²) in [5, 5.41) is 2.02. The minimum absolute atomic E-state index is 0.0352. The van der Waals surface area contributed by atoms with Crippen molar-refractivity contribution in [1.82, 2.24) is 9.80 Å². The summed E-state index contributed by atoms with van der Waals surface area (Å²) in [5.74, 6) is 0.883. The molecule has 0 aromatic heterocycles. The summed E-state index contributed by atoms with van der Waals surface area (Å²) in [4.78, 5) is 39.1. The molecule has 2 aliphatic rings. The molecule has 0 atom stereocenters. The summed E-state index contributed by atoms with van der Waals surface area (Å²) < 4.78 is 5.49. The number of carbonyl (C=O) groups excluding carboxylic acids is 3. The molecule has 3 amide bonds. The van der Waals surface area contributed by atoms with Gasteiger partial charge in [0.15, 0.2) is 0 Å². The van der Waals surface area contributed by atoms with E-state index in [1.807, 2.05) is 36.4 Å². The Hall–Kier alpha value is -2.54. The highest BCUT2D eigenvalue weighted by molar-refractivity contribution is 8.14. The predicted octanol–water partition coefficient (Wildman–Crippen LogP) is 2.69. The second kappa shape index (κ2) is 7.23. The lowest BCUT2D eigenvalue weighted by Gasteiger charge is -2.42. The Morgan fingerprint density at radius 1 is 1.19 bits per heavy atom. The smallest absolute Gasteiger partial charge is 0.289 e. The van der Waals surface area contributed by atoms with Gasteiger partial charge in [0, 0.05) is 25.1 Å². The van der Waals surface area contributed by atoms with E-state index in [0.717, 1.165) is 33.8 Å². The van der Waals surface area contributed by atoms with Crippen LogP contribution in [0, 0.1) is 0 Å². The number of rotatable bonds is 5. The van der Waals surface area contributed by atoms with E-state index >= 15 is 0 Å². The van der Waals surface area contributed by atoms with Gasteiger partial charge in [-0.15, -0.1) is 0 Å². The van der Waals surface area contributed by atoms with Crippen LogP contribution in [0.1, 0.15) is 12.0 Å². The predicted molar refractivity (Wildman–Crippen MR) is 104 cm³/mol. The lowest BCUT2D eigenvalue weighted by atomic mass is 9.98. The number of hydrogen-bond donors (Lipinski definition) is 0. The van der Waals surface area contributed by atoms with Crippen molar-refractivity contribution in [1.29, 1.82) is 0 Å². The van der Waals surface area contributed by atoms with Crippen molar-refractivity contribution in [3.8, 4) is 5.75 Å². The van der Waals surface area contributed by atoms with E-state index in [1.54, 1.807) is 12.0 Å². The first-order valence-electron chi connectivity index (χ1n) is 8.89. The standard InChI is InChI=1S/C20H20N2O4S/c1-26-17-8-6-13-4-2-3-5-15(13)16(17)7-9-18(23)21-10-14(11-21)22-19(24)12-27-20(22)25/h2-6,8,14H,7,9-12H2,1H3. The number of carbonyl (C=O) groups is 3. The topological polar surface area (TPSA) is 66.9 Å². The number of methoxy groups -OCH3 is 1. The molecule has 2 heterocycles. The van der Waals surface area contributed by atoms with E-state index in [1.165, 1.54) is 4.90 Å². The van der Waals surface area contributed by atoms with E-state index in [4.69, 9.17) is 4.74 Å². The van der Waals surface area contributed by atoms with Gasteiger partial charge in [0.25, 0.3) is 5.24 Å². The van der Waals surface area contributed by atoms with E-state index in [0.29, 0.717) is 25.9 Å². The van der Waals surface area contributed by atoms with Crippen LogP contribution < -0.4 is 4.74 Å². The molecule has 2 aliphatic heterocycles. The Kier molecular flexibility index (Phi) is 4.78. The maximum Gasteiger partial charge on any atom is 0.289 e. The van der Waals surface area contributed by atoms with E-state index in [2.05, 4.69) is 0 Å². The van der Waals surface area contributed by atoms with Gasteiger partial charge in [-0.25, -0.2) is 0 Å². The van der Waals surface area contributed by atoms with Gasteiger partial charge in [-0.1, -0.05) is 42.1 Å². The van der Waals surface area contributed by atoms with E-state index < -0.39 is 0 Å². The zero-order valence-electron chi connectivity index (χ0n) is 15.0. The van der Waals surface area contributed by atoms with E-state index in [-0.39, 0.29) is 28.8 Å². The third-order valence-electron chi connectivity index (χ3n) is 5.17. The minimum Gasteiger partial charge on any atom is -0.496 e. The molecule has 0 unspecified atom stereocenters. The number of ether oxygens (including phenoxy) is 1. The van der Waals surface area contributed by atoms with Crippen molar-refractivity contribution < 1.29 is 19.1 Å². The van der Waals surface area contributed by atoms with Crippen LogP contribution in [0.3, 0.4) is 0 Å². The van der Waals surface area contributed by atoms with Gasteiger partial charge in [-0.05, 0) is 23.3 Å². The number of likely N-dealkylation sites (tertiary alicyclic amines) is 1. The molecular formula is C20H20N2O4S. The molecule has 2 aromatic carbocycles.